The number of nitrogens with two attached hydrogens (primary N) is 1. The molecule has 2 atom stereocenters. The third kappa shape index (κ3) is 7.24. The Kier molecular flexibility index (Phi) is 6.86. The maximum Gasteiger partial charge on any atom is 0.313 e. The summed E-state index contributed by atoms with van der Waals surface area (Å²) in [5, 5.41) is 9.35. The van der Waals surface area contributed by atoms with Gasteiger partial charge in [-0.1, -0.05) is 0 Å². The van der Waals surface area contributed by atoms with E-state index in [9.17, 15) is 14.7 Å². The van der Waals surface area contributed by atoms with Gasteiger partial charge in [-0.15, -0.1) is 0 Å². The molecule has 0 aliphatic carbocycles. The Bertz CT molecular complexity index is 283. The van der Waals surface area contributed by atoms with Gasteiger partial charge in [0.25, 0.3) is 0 Å². The second-order valence-corrected chi connectivity index (χ2v) is 4.97. The molecule has 106 valence electrons. The van der Waals surface area contributed by atoms with Crippen molar-refractivity contribution in [3.8, 4) is 0 Å². The van der Waals surface area contributed by atoms with Crippen LogP contribution in [0.3, 0.4) is 0 Å². The Morgan fingerprint density at radius 1 is 1.33 bits per heavy atom. The molecule has 0 aliphatic rings. The van der Waals surface area contributed by atoms with Crippen molar-refractivity contribution in [3.05, 3.63) is 0 Å². The van der Waals surface area contributed by atoms with Crippen LogP contribution in [0.4, 0.5) is 0 Å². The molecule has 0 aromatic carbocycles. The molecule has 0 rings (SSSR count). The van der Waals surface area contributed by atoms with Gasteiger partial charge in [-0.3, -0.25) is 9.59 Å². The summed E-state index contributed by atoms with van der Waals surface area (Å²) in [6.07, 6.45) is -1.23. The van der Waals surface area contributed by atoms with Gasteiger partial charge in [-0.25, -0.2) is 0 Å². The van der Waals surface area contributed by atoms with E-state index >= 15 is 0 Å². The van der Waals surface area contributed by atoms with Gasteiger partial charge in [0.1, 0.15) is 11.8 Å². The standard InChI is InChI=1S/C12H23NO5/c1-5-17-9(14)7-6-8(10(13)15)11(16)18-12(2,3)4/h8,10,15H,5-7,13H2,1-4H3. The van der Waals surface area contributed by atoms with E-state index in [0.29, 0.717) is 0 Å². The minimum atomic E-state index is -1.35. The van der Waals surface area contributed by atoms with Crippen molar-refractivity contribution < 1.29 is 24.2 Å². The number of rotatable bonds is 6. The highest BCUT2D eigenvalue weighted by molar-refractivity contribution is 5.75. The molecule has 6 heteroatoms. The predicted molar refractivity (Wildman–Crippen MR) is 65.4 cm³/mol. The van der Waals surface area contributed by atoms with Crippen LogP contribution in [-0.4, -0.2) is 35.5 Å². The molecular formula is C12H23NO5. The number of carbonyl (C=O) groups is 2. The fourth-order valence-corrected chi connectivity index (χ4v) is 1.31. The molecule has 6 nitrogen and oxygen atoms in total. The maximum absolute atomic E-state index is 11.8. The second-order valence-electron chi connectivity index (χ2n) is 4.97. The Morgan fingerprint density at radius 3 is 2.28 bits per heavy atom. The zero-order chi connectivity index (χ0) is 14.3. The van der Waals surface area contributed by atoms with Crippen molar-refractivity contribution >= 4 is 11.9 Å². The number of hydrogen-bond acceptors (Lipinski definition) is 6. The normalized spacial score (nSPS) is 14.8. The minimum Gasteiger partial charge on any atom is -0.466 e. The van der Waals surface area contributed by atoms with E-state index in [-0.39, 0.29) is 19.4 Å². The van der Waals surface area contributed by atoms with Crippen molar-refractivity contribution in [3.63, 3.8) is 0 Å². The molecule has 0 amide bonds. The summed E-state index contributed by atoms with van der Waals surface area (Å²) in [6, 6.07) is 0. The van der Waals surface area contributed by atoms with Gasteiger partial charge >= 0.3 is 11.9 Å². The third-order valence-corrected chi connectivity index (χ3v) is 2.09. The van der Waals surface area contributed by atoms with Gasteiger partial charge in [0.05, 0.1) is 12.5 Å². The Balaban J connectivity index is 4.39. The van der Waals surface area contributed by atoms with Crippen LogP contribution < -0.4 is 5.73 Å². The Morgan fingerprint density at radius 2 is 1.89 bits per heavy atom. The van der Waals surface area contributed by atoms with Crippen molar-refractivity contribution in [1.29, 1.82) is 0 Å². The molecular weight excluding hydrogens is 238 g/mol. The fraction of sp³-hybridized carbons (Fsp3) is 0.833. The average molecular weight is 261 g/mol. The first kappa shape index (κ1) is 16.9. The van der Waals surface area contributed by atoms with Crippen molar-refractivity contribution in [2.24, 2.45) is 11.7 Å². The first-order valence-corrected chi connectivity index (χ1v) is 5.99. The van der Waals surface area contributed by atoms with Gasteiger partial charge in [-0.2, -0.15) is 0 Å². The van der Waals surface area contributed by atoms with Gasteiger partial charge in [-0.05, 0) is 34.1 Å². The lowest BCUT2D eigenvalue weighted by molar-refractivity contribution is -0.164. The van der Waals surface area contributed by atoms with E-state index in [1.165, 1.54) is 0 Å². The number of ether oxygens (including phenoxy) is 2. The van der Waals surface area contributed by atoms with E-state index in [0.717, 1.165) is 0 Å². The van der Waals surface area contributed by atoms with E-state index in [2.05, 4.69) is 0 Å². The molecule has 18 heavy (non-hydrogen) atoms. The molecule has 0 fully saturated rings. The largest absolute Gasteiger partial charge is 0.466 e. The van der Waals surface area contributed by atoms with Crippen LogP contribution in [0.25, 0.3) is 0 Å². The van der Waals surface area contributed by atoms with Crippen LogP contribution in [0.2, 0.25) is 0 Å². The number of esters is 2. The summed E-state index contributed by atoms with van der Waals surface area (Å²) in [6.45, 7) is 7.13. The second kappa shape index (κ2) is 7.33. The van der Waals surface area contributed by atoms with Gasteiger partial charge in [0, 0.05) is 6.42 Å². The van der Waals surface area contributed by atoms with Crippen molar-refractivity contribution in [2.75, 3.05) is 6.61 Å². The summed E-state index contributed by atoms with van der Waals surface area (Å²) in [7, 11) is 0. The molecule has 0 aromatic rings. The monoisotopic (exact) mass is 261 g/mol. The van der Waals surface area contributed by atoms with E-state index in [1.54, 1.807) is 27.7 Å². The Labute approximate surface area is 107 Å². The van der Waals surface area contributed by atoms with Crippen molar-refractivity contribution in [1.82, 2.24) is 0 Å². The summed E-state index contributed by atoms with van der Waals surface area (Å²) in [5.41, 5.74) is 4.66. The van der Waals surface area contributed by atoms with Gasteiger partial charge in [0.2, 0.25) is 0 Å². The fourth-order valence-electron chi connectivity index (χ4n) is 1.31. The lowest BCUT2D eigenvalue weighted by Crippen LogP contribution is -2.39. The van der Waals surface area contributed by atoms with E-state index in [4.69, 9.17) is 15.2 Å². The molecule has 3 N–H and O–H groups in total. The first-order valence-electron chi connectivity index (χ1n) is 5.99. The summed E-state index contributed by atoms with van der Waals surface area (Å²) < 4.78 is 9.86. The molecule has 0 spiro atoms. The number of hydrogen-bond donors (Lipinski definition) is 2. The molecule has 2 unspecified atom stereocenters. The zero-order valence-electron chi connectivity index (χ0n) is 11.4. The molecule has 0 radical (unpaired) electrons. The zero-order valence-corrected chi connectivity index (χ0v) is 11.4. The number of aliphatic hydroxyl groups is 1. The van der Waals surface area contributed by atoms with Crippen LogP contribution >= 0.6 is 0 Å². The Hall–Kier alpha value is -1.14. The molecule has 0 aromatic heterocycles. The first-order chi connectivity index (χ1) is 8.17. The van der Waals surface area contributed by atoms with Crippen LogP contribution in [0.5, 0.6) is 0 Å². The third-order valence-electron chi connectivity index (χ3n) is 2.09. The number of aliphatic hydroxyl groups excluding tert-OH is 1. The molecule has 0 saturated carbocycles. The van der Waals surface area contributed by atoms with E-state index < -0.39 is 29.7 Å². The van der Waals surface area contributed by atoms with Crippen LogP contribution in [0.1, 0.15) is 40.5 Å². The maximum atomic E-state index is 11.8. The van der Waals surface area contributed by atoms with Crippen molar-refractivity contribution in [2.45, 2.75) is 52.4 Å². The summed E-state index contributed by atoms with van der Waals surface area (Å²) >= 11 is 0. The van der Waals surface area contributed by atoms with E-state index in [1.807, 2.05) is 0 Å². The molecule has 0 saturated heterocycles. The highest BCUT2D eigenvalue weighted by Crippen LogP contribution is 2.17. The van der Waals surface area contributed by atoms with Gasteiger partial charge in [0.15, 0.2) is 0 Å². The van der Waals surface area contributed by atoms with Crippen LogP contribution in [0, 0.1) is 5.92 Å². The minimum absolute atomic E-state index is 0.0199. The highest BCUT2D eigenvalue weighted by Gasteiger charge is 2.29. The lowest BCUT2D eigenvalue weighted by Gasteiger charge is -2.25. The molecule has 0 heterocycles. The quantitative estimate of drug-likeness (QED) is 0.535. The average Bonchev–Trinajstić information content (AvgIpc) is 2.14. The predicted octanol–water partition coefficient (Wildman–Crippen LogP) is 0.565. The molecule has 0 aliphatic heterocycles. The molecule has 0 bridgehead atoms. The lowest BCUT2D eigenvalue weighted by atomic mass is 10.0. The van der Waals surface area contributed by atoms with Gasteiger partial charge < -0.3 is 20.3 Å². The smallest absolute Gasteiger partial charge is 0.313 e. The van der Waals surface area contributed by atoms with Crippen LogP contribution in [-0.2, 0) is 19.1 Å². The SMILES string of the molecule is CCOC(=O)CCC(C(=O)OC(C)(C)C)C(N)O. The number of carbonyl (C=O) groups excluding carboxylic acids is 2. The highest BCUT2D eigenvalue weighted by atomic mass is 16.6. The summed E-state index contributed by atoms with van der Waals surface area (Å²) in [4.78, 5) is 22.9. The topological polar surface area (TPSA) is 98.9 Å². The van der Waals surface area contributed by atoms with Crippen LogP contribution in [0.15, 0.2) is 0 Å². The summed E-state index contributed by atoms with van der Waals surface area (Å²) in [5.74, 6) is -1.96.